The van der Waals surface area contributed by atoms with Crippen molar-refractivity contribution in [2.24, 2.45) is 5.92 Å². The molecule has 2 aromatic carbocycles. The molecule has 0 fully saturated rings. The van der Waals surface area contributed by atoms with Crippen molar-refractivity contribution < 1.29 is 4.92 Å². The maximum atomic E-state index is 10.9. The number of anilines is 1. The van der Waals surface area contributed by atoms with E-state index >= 15 is 0 Å². The van der Waals surface area contributed by atoms with Crippen LogP contribution < -0.4 is 5.32 Å². The van der Waals surface area contributed by atoms with Crippen LogP contribution in [0.5, 0.6) is 0 Å². The van der Waals surface area contributed by atoms with Crippen LogP contribution >= 0.6 is 0 Å². The van der Waals surface area contributed by atoms with Crippen LogP contribution in [0.15, 0.2) is 48.6 Å². The van der Waals surface area contributed by atoms with E-state index in [-0.39, 0.29) is 16.7 Å². The van der Waals surface area contributed by atoms with Crippen molar-refractivity contribution in [1.82, 2.24) is 0 Å². The van der Waals surface area contributed by atoms with Gasteiger partial charge in [-0.1, -0.05) is 42.0 Å². The lowest BCUT2D eigenvalue weighted by atomic mass is 9.76. The van der Waals surface area contributed by atoms with E-state index < -0.39 is 0 Å². The molecule has 4 heteroatoms. The highest BCUT2D eigenvalue weighted by Gasteiger charge is 2.38. The van der Waals surface area contributed by atoms with E-state index in [1.54, 1.807) is 12.1 Å². The third kappa shape index (κ3) is 2.30. The van der Waals surface area contributed by atoms with Crippen LogP contribution in [0.1, 0.15) is 40.6 Å². The van der Waals surface area contributed by atoms with E-state index in [0.29, 0.717) is 11.8 Å². The summed E-state index contributed by atoms with van der Waals surface area (Å²) in [7, 11) is 0. The molecule has 0 aromatic heterocycles. The van der Waals surface area contributed by atoms with Gasteiger partial charge >= 0.3 is 0 Å². The summed E-state index contributed by atoms with van der Waals surface area (Å²) in [6.45, 7) is 4.29. The van der Waals surface area contributed by atoms with Crippen molar-refractivity contribution in [1.29, 1.82) is 0 Å². The lowest BCUT2D eigenvalue weighted by Crippen LogP contribution is -2.29. The molecule has 4 rings (SSSR count). The first-order chi connectivity index (χ1) is 11.5. The zero-order valence-electron chi connectivity index (χ0n) is 13.8. The van der Waals surface area contributed by atoms with E-state index in [0.717, 1.165) is 12.0 Å². The second-order valence-corrected chi connectivity index (χ2v) is 6.87. The SMILES string of the molecule is Cc1cc(C)c2c(c1)[C@@H]1C=CC[C@@H]1[C@@H](c1ccc([N+](=O)[O-])cc1)N2. The number of nitro benzene ring substituents is 1. The summed E-state index contributed by atoms with van der Waals surface area (Å²) in [5.41, 5.74) is 6.41. The molecule has 0 bridgehead atoms. The Labute approximate surface area is 141 Å². The molecule has 0 saturated carbocycles. The van der Waals surface area contributed by atoms with Crippen molar-refractivity contribution in [2.75, 3.05) is 5.32 Å². The summed E-state index contributed by atoms with van der Waals surface area (Å²) in [6, 6.07) is 11.7. The lowest BCUT2D eigenvalue weighted by Gasteiger charge is -2.38. The van der Waals surface area contributed by atoms with Crippen molar-refractivity contribution in [2.45, 2.75) is 32.2 Å². The van der Waals surface area contributed by atoms with Gasteiger partial charge in [-0.05, 0) is 42.9 Å². The first-order valence-electron chi connectivity index (χ1n) is 8.33. The van der Waals surface area contributed by atoms with Crippen molar-refractivity contribution >= 4 is 11.4 Å². The Morgan fingerprint density at radius 2 is 1.92 bits per heavy atom. The van der Waals surface area contributed by atoms with Crippen molar-refractivity contribution in [3.63, 3.8) is 0 Å². The van der Waals surface area contributed by atoms with Gasteiger partial charge in [0.05, 0.1) is 11.0 Å². The van der Waals surface area contributed by atoms with E-state index in [1.807, 2.05) is 12.1 Å². The molecule has 2 aromatic rings. The summed E-state index contributed by atoms with van der Waals surface area (Å²) < 4.78 is 0. The Bertz CT molecular complexity index is 839. The van der Waals surface area contributed by atoms with Gasteiger partial charge in [-0.3, -0.25) is 10.1 Å². The summed E-state index contributed by atoms with van der Waals surface area (Å²) in [5, 5.41) is 14.6. The van der Waals surface area contributed by atoms with Gasteiger partial charge < -0.3 is 5.32 Å². The first-order valence-corrected chi connectivity index (χ1v) is 8.33. The summed E-state index contributed by atoms with van der Waals surface area (Å²) in [4.78, 5) is 10.5. The number of nitrogens with one attached hydrogen (secondary N) is 1. The van der Waals surface area contributed by atoms with E-state index in [4.69, 9.17) is 0 Å². The molecule has 24 heavy (non-hydrogen) atoms. The van der Waals surface area contributed by atoms with Crippen LogP contribution in [-0.4, -0.2) is 4.92 Å². The van der Waals surface area contributed by atoms with Crippen LogP contribution in [-0.2, 0) is 0 Å². The van der Waals surface area contributed by atoms with E-state index in [1.165, 1.54) is 22.4 Å². The maximum Gasteiger partial charge on any atom is 0.269 e. The molecule has 0 radical (unpaired) electrons. The molecule has 1 aliphatic carbocycles. The minimum absolute atomic E-state index is 0.142. The highest BCUT2D eigenvalue weighted by atomic mass is 16.6. The Morgan fingerprint density at radius 1 is 1.17 bits per heavy atom. The summed E-state index contributed by atoms with van der Waals surface area (Å²) in [5.74, 6) is 0.875. The van der Waals surface area contributed by atoms with Gasteiger partial charge in [0.15, 0.2) is 0 Å². The third-order valence-electron chi connectivity index (χ3n) is 5.27. The molecule has 1 heterocycles. The van der Waals surface area contributed by atoms with Gasteiger partial charge in [-0.15, -0.1) is 0 Å². The lowest BCUT2D eigenvalue weighted by molar-refractivity contribution is -0.384. The summed E-state index contributed by atoms with van der Waals surface area (Å²) in [6.07, 6.45) is 5.62. The molecule has 0 saturated heterocycles. The molecule has 1 aliphatic heterocycles. The molecule has 2 aliphatic rings. The van der Waals surface area contributed by atoms with E-state index in [9.17, 15) is 10.1 Å². The number of nitro groups is 1. The number of aryl methyl sites for hydroxylation is 2. The number of fused-ring (bicyclic) bond motifs is 3. The fourth-order valence-corrected chi connectivity index (χ4v) is 4.21. The van der Waals surface area contributed by atoms with Gasteiger partial charge in [-0.2, -0.15) is 0 Å². The average molecular weight is 320 g/mol. The van der Waals surface area contributed by atoms with Gasteiger partial charge in [0, 0.05) is 23.7 Å². The van der Waals surface area contributed by atoms with Gasteiger partial charge in [-0.25, -0.2) is 0 Å². The zero-order chi connectivity index (χ0) is 16.8. The van der Waals surface area contributed by atoms with Crippen LogP contribution in [0.4, 0.5) is 11.4 Å². The Morgan fingerprint density at radius 3 is 2.62 bits per heavy atom. The van der Waals surface area contributed by atoms with Crippen molar-refractivity contribution in [3.8, 4) is 0 Å². The maximum absolute atomic E-state index is 10.9. The van der Waals surface area contributed by atoms with Crippen LogP contribution in [0.25, 0.3) is 0 Å². The van der Waals surface area contributed by atoms with Gasteiger partial charge in [0.25, 0.3) is 5.69 Å². The molecule has 122 valence electrons. The molecular formula is C20H20N2O2. The highest BCUT2D eigenvalue weighted by molar-refractivity contribution is 5.65. The van der Waals surface area contributed by atoms with Gasteiger partial charge in [0.2, 0.25) is 0 Å². The monoisotopic (exact) mass is 320 g/mol. The number of nitrogens with zero attached hydrogens (tertiary/aromatic N) is 1. The zero-order valence-corrected chi connectivity index (χ0v) is 13.8. The minimum atomic E-state index is -0.347. The molecule has 0 amide bonds. The number of allylic oxidation sites excluding steroid dienone is 2. The van der Waals surface area contributed by atoms with Crippen molar-refractivity contribution in [3.05, 3.63) is 80.9 Å². The van der Waals surface area contributed by atoms with E-state index in [2.05, 4.69) is 43.4 Å². The molecule has 3 atom stereocenters. The molecular weight excluding hydrogens is 300 g/mol. The Hall–Kier alpha value is -2.62. The molecule has 4 nitrogen and oxygen atoms in total. The molecule has 0 spiro atoms. The number of non-ortho nitro benzene ring substituents is 1. The average Bonchev–Trinajstić information content (AvgIpc) is 3.04. The second kappa shape index (κ2) is 5.48. The minimum Gasteiger partial charge on any atom is -0.377 e. The standard InChI is InChI=1S/C20H20N2O2/c1-12-10-13(2)19-18(11-12)16-4-3-5-17(16)20(21-19)14-6-8-15(9-7-14)22(23)24/h3-4,6-11,16-17,20-21H,5H2,1-2H3/t16-,17+,20-/m1/s1. The Kier molecular flexibility index (Phi) is 3.41. The quantitative estimate of drug-likeness (QED) is 0.479. The molecule has 1 N–H and O–H groups in total. The summed E-state index contributed by atoms with van der Waals surface area (Å²) >= 11 is 0. The predicted octanol–water partition coefficient (Wildman–Crippen LogP) is 5.04. The molecule has 0 unspecified atom stereocenters. The smallest absolute Gasteiger partial charge is 0.269 e. The number of hydrogen-bond acceptors (Lipinski definition) is 3. The van der Waals surface area contributed by atoms with Crippen LogP contribution in [0.3, 0.4) is 0 Å². The van der Waals surface area contributed by atoms with Crippen LogP contribution in [0.2, 0.25) is 0 Å². The normalized spacial score (nSPS) is 24.2. The number of rotatable bonds is 2. The predicted molar refractivity (Wildman–Crippen MR) is 95.4 cm³/mol. The first kappa shape index (κ1) is 14.9. The highest BCUT2D eigenvalue weighted by Crippen LogP contribution is 2.50. The second-order valence-electron chi connectivity index (χ2n) is 6.87. The largest absolute Gasteiger partial charge is 0.377 e. The van der Waals surface area contributed by atoms with Gasteiger partial charge in [0.1, 0.15) is 0 Å². The number of benzene rings is 2. The fourth-order valence-electron chi connectivity index (χ4n) is 4.21. The fraction of sp³-hybridized carbons (Fsp3) is 0.300. The third-order valence-corrected chi connectivity index (χ3v) is 5.27. The Balaban J connectivity index is 1.76. The topological polar surface area (TPSA) is 55.2 Å². The number of hydrogen-bond donors (Lipinski definition) is 1. The van der Waals surface area contributed by atoms with Crippen LogP contribution in [0, 0.1) is 29.9 Å².